The summed E-state index contributed by atoms with van der Waals surface area (Å²) in [6, 6.07) is 15.7. The zero-order chi connectivity index (χ0) is 49.2. The van der Waals surface area contributed by atoms with Crippen LogP contribution in [0.4, 0.5) is 8.78 Å². The van der Waals surface area contributed by atoms with Crippen molar-refractivity contribution < 1.29 is 37.5 Å². The molecule has 71 heavy (non-hydrogen) atoms. The fourth-order valence-corrected chi connectivity index (χ4v) is 11.4. The van der Waals surface area contributed by atoms with Gasteiger partial charge in [0.05, 0.1) is 41.0 Å². The first kappa shape index (κ1) is 48.6. The van der Waals surface area contributed by atoms with Gasteiger partial charge in [0.15, 0.2) is 0 Å². The van der Waals surface area contributed by atoms with E-state index in [0.717, 1.165) is 57.8 Å². The molecule has 0 unspecified atom stereocenters. The molecule has 4 aromatic rings. The molecule has 2 N–H and O–H groups in total. The minimum Gasteiger partial charge on any atom is -0.375 e. The number of aromatic amines is 1. The lowest BCUT2D eigenvalue weighted by molar-refractivity contribution is -0.140. The van der Waals surface area contributed by atoms with Gasteiger partial charge < -0.3 is 29.7 Å². The van der Waals surface area contributed by atoms with Gasteiger partial charge in [-0.25, -0.2) is 13.9 Å². The summed E-state index contributed by atoms with van der Waals surface area (Å²) in [6.45, 7) is 4.88. The molecule has 3 aromatic carbocycles. The third kappa shape index (κ3) is 10.9. The third-order valence-electron chi connectivity index (χ3n) is 15.9. The molecule has 2 aliphatic carbocycles. The van der Waals surface area contributed by atoms with E-state index in [9.17, 15) is 28.8 Å². The minimum atomic E-state index is -0.744. The molecular formula is C54H64F2N8O7. The number of benzene rings is 3. The molecule has 6 aliphatic rings. The van der Waals surface area contributed by atoms with Gasteiger partial charge >= 0.3 is 0 Å². The number of nitrogens with one attached hydrogen (secondary N) is 2. The van der Waals surface area contributed by atoms with Crippen molar-refractivity contribution in [3.8, 4) is 0 Å². The summed E-state index contributed by atoms with van der Waals surface area (Å²) in [5.74, 6) is -2.26. The van der Waals surface area contributed by atoms with Crippen LogP contribution in [0.3, 0.4) is 0 Å². The van der Waals surface area contributed by atoms with Crippen molar-refractivity contribution in [3.63, 3.8) is 0 Å². The molecule has 0 radical (unpaired) electrons. The molecule has 5 amide bonds. The molecule has 1 aromatic heterocycles. The molecule has 4 aliphatic heterocycles. The van der Waals surface area contributed by atoms with Crippen LogP contribution in [0.1, 0.15) is 114 Å². The number of aromatic nitrogens is 2. The van der Waals surface area contributed by atoms with Crippen molar-refractivity contribution in [1.29, 1.82) is 0 Å². The van der Waals surface area contributed by atoms with Gasteiger partial charge in [0.1, 0.15) is 17.7 Å². The van der Waals surface area contributed by atoms with Crippen LogP contribution in [0.25, 0.3) is 10.8 Å². The Balaban J connectivity index is 0.658. The second-order valence-corrected chi connectivity index (χ2v) is 20.6. The first-order chi connectivity index (χ1) is 34.5. The average molecular weight is 975 g/mol. The minimum absolute atomic E-state index is 0.00783. The zero-order valence-electron chi connectivity index (χ0n) is 40.3. The molecule has 0 bridgehead atoms. The smallest absolute Gasteiger partial charge is 0.272 e. The van der Waals surface area contributed by atoms with Gasteiger partial charge in [0.25, 0.3) is 17.4 Å². The van der Waals surface area contributed by atoms with Gasteiger partial charge in [-0.05, 0) is 92.7 Å². The summed E-state index contributed by atoms with van der Waals surface area (Å²) in [5.41, 5.74) is 1.34. The van der Waals surface area contributed by atoms with Crippen LogP contribution in [-0.2, 0) is 25.5 Å². The Morgan fingerprint density at radius 2 is 1.38 bits per heavy atom. The molecule has 5 heterocycles. The van der Waals surface area contributed by atoms with Crippen LogP contribution in [-0.4, -0.2) is 154 Å². The molecule has 376 valence electrons. The van der Waals surface area contributed by atoms with Crippen molar-refractivity contribution in [1.82, 2.24) is 40.0 Å². The highest BCUT2D eigenvalue weighted by Gasteiger charge is 2.42. The Morgan fingerprint density at radius 3 is 2.08 bits per heavy atom. The van der Waals surface area contributed by atoms with E-state index in [2.05, 4.69) is 20.4 Å². The summed E-state index contributed by atoms with van der Waals surface area (Å²) in [4.78, 5) is 89.0. The second kappa shape index (κ2) is 21.3. The number of piperidine rings is 2. The Bertz CT molecular complexity index is 2700. The highest BCUT2D eigenvalue weighted by atomic mass is 19.1. The molecule has 0 spiro atoms. The number of H-pyrrole nitrogens is 1. The number of carbonyl (C=O) groups excluding carboxylic acids is 5. The number of carbonyl (C=O) groups is 5. The lowest BCUT2D eigenvalue weighted by Crippen LogP contribution is -2.55. The molecule has 10 rings (SSSR count). The lowest BCUT2D eigenvalue weighted by Gasteiger charge is -2.40. The second-order valence-electron chi connectivity index (χ2n) is 20.6. The maximum atomic E-state index is 16.0. The van der Waals surface area contributed by atoms with E-state index >= 15 is 8.78 Å². The summed E-state index contributed by atoms with van der Waals surface area (Å²) in [7, 11) is 0. The highest BCUT2D eigenvalue weighted by Crippen LogP contribution is 2.37. The van der Waals surface area contributed by atoms with Crippen molar-refractivity contribution in [2.75, 3.05) is 72.0 Å². The highest BCUT2D eigenvalue weighted by molar-refractivity contribution is 5.98. The number of amides is 5. The summed E-state index contributed by atoms with van der Waals surface area (Å²) in [6.07, 6.45) is 9.76. The van der Waals surface area contributed by atoms with Gasteiger partial charge in [-0.3, -0.25) is 33.7 Å². The van der Waals surface area contributed by atoms with Gasteiger partial charge in [0, 0.05) is 89.1 Å². The number of hydrogen-bond donors (Lipinski definition) is 2. The Hall–Kier alpha value is -6.07. The fourth-order valence-electron chi connectivity index (χ4n) is 11.4. The fraction of sp³-hybridized carbons (Fsp3) is 0.537. The predicted molar refractivity (Wildman–Crippen MR) is 260 cm³/mol. The van der Waals surface area contributed by atoms with E-state index in [0.29, 0.717) is 99.2 Å². The number of halogens is 2. The summed E-state index contributed by atoms with van der Waals surface area (Å²) < 4.78 is 37.7. The van der Waals surface area contributed by atoms with Crippen molar-refractivity contribution in [2.45, 2.75) is 101 Å². The van der Waals surface area contributed by atoms with Crippen molar-refractivity contribution >= 4 is 40.3 Å². The van der Waals surface area contributed by atoms with Crippen LogP contribution in [0, 0.1) is 23.5 Å². The molecule has 2 saturated carbocycles. The maximum absolute atomic E-state index is 16.0. The third-order valence-corrected chi connectivity index (χ3v) is 15.9. The zero-order valence-corrected chi connectivity index (χ0v) is 40.3. The Kier molecular flexibility index (Phi) is 14.6. The number of ether oxygens (including phenoxy) is 1. The molecule has 4 saturated heterocycles. The largest absolute Gasteiger partial charge is 0.375 e. The molecule has 6 fully saturated rings. The summed E-state index contributed by atoms with van der Waals surface area (Å²) in [5, 5.41) is 11.0. The van der Waals surface area contributed by atoms with Crippen LogP contribution in [0.2, 0.25) is 0 Å². The first-order valence-electron chi connectivity index (χ1n) is 25.8. The van der Waals surface area contributed by atoms with Crippen molar-refractivity contribution in [2.24, 2.45) is 11.8 Å². The van der Waals surface area contributed by atoms with E-state index in [4.69, 9.17) is 4.74 Å². The van der Waals surface area contributed by atoms with Crippen LogP contribution < -0.4 is 10.9 Å². The number of piperazine rings is 1. The van der Waals surface area contributed by atoms with E-state index in [1.807, 2.05) is 17.0 Å². The average Bonchev–Trinajstić information content (AvgIpc) is 4.24. The van der Waals surface area contributed by atoms with Crippen LogP contribution in [0.15, 0.2) is 65.5 Å². The number of likely N-dealkylation sites (tertiary alicyclic amines) is 3. The molecule has 1 atom stereocenters. The van der Waals surface area contributed by atoms with Gasteiger partial charge in [-0.15, -0.1) is 0 Å². The molecule has 17 heteroatoms. The van der Waals surface area contributed by atoms with E-state index < -0.39 is 29.5 Å². The van der Waals surface area contributed by atoms with Crippen LogP contribution in [0.5, 0.6) is 0 Å². The topological polar surface area (TPSA) is 169 Å². The van der Waals surface area contributed by atoms with Crippen LogP contribution >= 0.6 is 0 Å². The van der Waals surface area contributed by atoms with Crippen molar-refractivity contribution in [3.05, 3.63) is 111 Å². The standard InChI is InChI=1S/C54H64F2N8O7/c55-45-16-13-34(30-46-41-9-4-5-10-42(41)51(67)59-58-46)29-44(45)53(69)63-27-25-61(26-28-63)47(65)33-60-21-17-38(18-22-60)71-39-19-23-62(24-20-39)54(70)49(35-7-2-1-3-8-35)57-50(66)43-12-6-11-40(48(43)56)37-31-64(32-37)52(68)36-14-15-36/h4-6,9-13,16,29,35-39,49H,1-3,7-8,14-15,17-28,30-33H2,(H,57,66)(H,59,67)/t49-/m1/s1. The van der Waals surface area contributed by atoms with Gasteiger partial charge in [-0.1, -0.05) is 55.7 Å². The summed E-state index contributed by atoms with van der Waals surface area (Å²) >= 11 is 0. The predicted octanol–water partition coefficient (Wildman–Crippen LogP) is 5.26. The lowest BCUT2D eigenvalue weighted by atomic mass is 9.83. The molecule has 15 nitrogen and oxygen atoms in total. The van der Waals surface area contributed by atoms with Gasteiger partial charge in [0.2, 0.25) is 17.7 Å². The van der Waals surface area contributed by atoms with E-state index in [-0.39, 0.29) is 84.0 Å². The normalized spacial score (nSPS) is 20.5. The quantitative estimate of drug-likeness (QED) is 0.182. The maximum Gasteiger partial charge on any atom is 0.272 e. The Morgan fingerprint density at radius 1 is 0.704 bits per heavy atom. The molecular weight excluding hydrogens is 911 g/mol. The Labute approximate surface area is 412 Å². The first-order valence-corrected chi connectivity index (χ1v) is 25.8. The number of fused-ring (bicyclic) bond motifs is 1. The monoisotopic (exact) mass is 974 g/mol. The number of nitrogens with zero attached hydrogens (tertiary/aromatic N) is 6. The number of hydrogen-bond acceptors (Lipinski definition) is 9. The SMILES string of the molecule is O=C(N[C@@H](C(=O)N1CCC(OC2CCN(CC(=O)N3CCN(C(=O)c4cc(Cc5n[nH]c(=O)c6ccccc56)ccc4F)CC3)CC2)CC1)C1CCCCC1)c1cccc(C2CN(C(=O)C3CC3)C2)c1F. The van der Waals surface area contributed by atoms with E-state index in [1.165, 1.54) is 12.1 Å². The number of rotatable bonds is 13. The van der Waals surface area contributed by atoms with E-state index in [1.54, 1.807) is 51.1 Å². The van der Waals surface area contributed by atoms with Gasteiger partial charge in [-0.2, -0.15) is 5.10 Å².